The van der Waals surface area contributed by atoms with Gasteiger partial charge in [0, 0.05) is 0 Å². The number of carbonyl (C=O) groups is 4. The fourth-order valence-electron chi connectivity index (χ4n) is 1.39. The van der Waals surface area contributed by atoms with E-state index in [4.69, 9.17) is 5.11 Å². The predicted molar refractivity (Wildman–Crippen MR) is 61.0 cm³/mol. The summed E-state index contributed by atoms with van der Waals surface area (Å²) in [6.07, 6.45) is 0. The first-order chi connectivity index (χ1) is 8.65. The Hall–Kier alpha value is -2.16. The van der Waals surface area contributed by atoms with Crippen molar-refractivity contribution in [1.29, 1.82) is 0 Å². The summed E-state index contributed by atoms with van der Waals surface area (Å²) in [5.74, 6) is -2.73. The molecular weight excluding hydrogens is 258 g/mol. The van der Waals surface area contributed by atoms with Crippen LogP contribution in [0.5, 0.6) is 0 Å². The minimum Gasteiger partial charge on any atom is -0.479 e. The van der Waals surface area contributed by atoms with Crippen molar-refractivity contribution in [3.63, 3.8) is 0 Å². The molecule has 0 aromatic heterocycles. The number of carbonyl (C=O) groups excluding carboxylic acids is 3. The Morgan fingerprint density at radius 1 is 1.53 bits per heavy atom. The highest BCUT2D eigenvalue weighted by molar-refractivity contribution is 6.03. The highest BCUT2D eigenvalue weighted by Gasteiger charge is 2.35. The zero-order valence-electron chi connectivity index (χ0n) is 10.5. The quantitative estimate of drug-likeness (QED) is 0.434. The number of amides is 4. The number of nitrogens with zero attached hydrogens (tertiary/aromatic N) is 1. The first kappa shape index (κ1) is 14.9. The first-order valence-corrected chi connectivity index (χ1v) is 5.49. The summed E-state index contributed by atoms with van der Waals surface area (Å²) in [4.78, 5) is 45.8. The van der Waals surface area contributed by atoms with Crippen LogP contribution in [0, 0.1) is 0 Å². The smallest absolute Gasteiger partial charge is 0.337 e. The van der Waals surface area contributed by atoms with Gasteiger partial charge in [-0.15, -0.1) is 0 Å². The number of carboxylic acid groups (broad SMARTS) is 1. The summed E-state index contributed by atoms with van der Waals surface area (Å²) in [6, 6.07) is -1.65. The molecule has 2 atom stereocenters. The van der Waals surface area contributed by atoms with Crippen LogP contribution in [-0.2, 0) is 14.4 Å². The van der Waals surface area contributed by atoms with Crippen LogP contribution in [0.25, 0.3) is 0 Å². The molecule has 0 aromatic rings. The minimum atomic E-state index is -2.12. The number of piperazine rings is 1. The van der Waals surface area contributed by atoms with Crippen molar-refractivity contribution in [3.8, 4) is 0 Å². The minimum absolute atomic E-state index is 0.312. The normalized spacial score (nSPS) is 22.5. The lowest BCUT2D eigenvalue weighted by Crippen LogP contribution is -2.61. The summed E-state index contributed by atoms with van der Waals surface area (Å²) < 4.78 is 0. The van der Waals surface area contributed by atoms with E-state index in [9.17, 15) is 24.3 Å². The summed E-state index contributed by atoms with van der Waals surface area (Å²) in [5, 5.41) is 22.3. The number of hydrogen-bond donors (Lipinski definition) is 4. The Kier molecular flexibility index (Phi) is 4.10. The van der Waals surface area contributed by atoms with E-state index < -0.39 is 42.0 Å². The standard InChI is InChI=1S/C10H15N3O6/c1-5-7(15)12-6(14)3-13(5)9(18)11-4-10(2,19)8(16)17/h5,19H,3-4H2,1-2H3,(H,11,18)(H,16,17)(H,12,14,15). The van der Waals surface area contributed by atoms with E-state index >= 15 is 0 Å². The molecule has 1 heterocycles. The number of aliphatic carboxylic acids is 1. The van der Waals surface area contributed by atoms with E-state index in [1.165, 1.54) is 6.92 Å². The van der Waals surface area contributed by atoms with Gasteiger partial charge in [0.2, 0.25) is 11.8 Å². The number of imide groups is 1. The van der Waals surface area contributed by atoms with Crippen molar-refractivity contribution in [3.05, 3.63) is 0 Å². The Labute approximate surface area is 108 Å². The third-order valence-corrected chi connectivity index (χ3v) is 2.73. The molecule has 0 spiro atoms. The molecule has 2 unspecified atom stereocenters. The molecule has 9 heteroatoms. The third-order valence-electron chi connectivity index (χ3n) is 2.73. The first-order valence-electron chi connectivity index (χ1n) is 5.49. The number of rotatable bonds is 3. The summed E-state index contributed by atoms with van der Waals surface area (Å²) in [5.41, 5.74) is -2.12. The number of urea groups is 1. The molecule has 4 amide bonds. The molecule has 1 fully saturated rings. The van der Waals surface area contributed by atoms with Crippen molar-refractivity contribution in [2.24, 2.45) is 0 Å². The molecule has 0 bridgehead atoms. The lowest BCUT2D eigenvalue weighted by Gasteiger charge is -2.32. The molecule has 0 aliphatic carbocycles. The molecule has 19 heavy (non-hydrogen) atoms. The molecule has 1 aliphatic heterocycles. The maximum atomic E-state index is 11.7. The topological polar surface area (TPSA) is 136 Å². The van der Waals surface area contributed by atoms with Gasteiger partial charge in [-0.1, -0.05) is 0 Å². The van der Waals surface area contributed by atoms with Crippen LogP contribution in [0.4, 0.5) is 4.79 Å². The lowest BCUT2D eigenvalue weighted by molar-refractivity contribution is -0.156. The molecule has 1 saturated heterocycles. The van der Waals surface area contributed by atoms with E-state index in [1.807, 2.05) is 0 Å². The highest BCUT2D eigenvalue weighted by Crippen LogP contribution is 2.06. The van der Waals surface area contributed by atoms with Crippen molar-refractivity contribution >= 4 is 23.8 Å². The van der Waals surface area contributed by atoms with Crippen LogP contribution >= 0.6 is 0 Å². The van der Waals surface area contributed by atoms with Gasteiger partial charge in [0.25, 0.3) is 0 Å². The second-order valence-electron chi connectivity index (χ2n) is 4.45. The maximum Gasteiger partial charge on any atom is 0.337 e. The van der Waals surface area contributed by atoms with E-state index in [0.29, 0.717) is 0 Å². The van der Waals surface area contributed by atoms with Crippen LogP contribution in [0.15, 0.2) is 0 Å². The molecule has 0 radical (unpaired) electrons. The van der Waals surface area contributed by atoms with Crippen molar-refractivity contribution in [1.82, 2.24) is 15.5 Å². The summed E-state index contributed by atoms with van der Waals surface area (Å²) >= 11 is 0. The zero-order chi connectivity index (χ0) is 14.8. The van der Waals surface area contributed by atoms with E-state index in [0.717, 1.165) is 11.8 Å². The van der Waals surface area contributed by atoms with Gasteiger partial charge in [0.05, 0.1) is 6.54 Å². The van der Waals surface area contributed by atoms with Gasteiger partial charge in [-0.05, 0) is 13.8 Å². The lowest BCUT2D eigenvalue weighted by atomic mass is 10.1. The molecule has 0 aromatic carbocycles. The van der Waals surface area contributed by atoms with Crippen molar-refractivity contribution in [2.45, 2.75) is 25.5 Å². The second kappa shape index (κ2) is 5.22. The molecular formula is C10H15N3O6. The fraction of sp³-hybridized carbons (Fsp3) is 0.600. The van der Waals surface area contributed by atoms with Crippen molar-refractivity contribution in [2.75, 3.05) is 13.1 Å². The van der Waals surface area contributed by atoms with Crippen LogP contribution in [0.3, 0.4) is 0 Å². The van der Waals surface area contributed by atoms with Crippen LogP contribution in [0.2, 0.25) is 0 Å². The number of carboxylic acids is 1. The van der Waals surface area contributed by atoms with Gasteiger partial charge < -0.3 is 20.4 Å². The average molecular weight is 273 g/mol. The predicted octanol–water partition coefficient (Wildman–Crippen LogP) is -2.12. The SMILES string of the molecule is CC1C(=O)NC(=O)CN1C(=O)NCC(C)(O)C(=O)O. The summed E-state index contributed by atoms with van der Waals surface area (Å²) in [7, 11) is 0. The maximum absolute atomic E-state index is 11.7. The number of hydrogen-bond acceptors (Lipinski definition) is 5. The monoisotopic (exact) mass is 273 g/mol. The Morgan fingerprint density at radius 3 is 2.63 bits per heavy atom. The van der Waals surface area contributed by atoms with Gasteiger partial charge in [0.1, 0.15) is 12.6 Å². The van der Waals surface area contributed by atoms with Crippen LogP contribution in [-0.4, -0.2) is 63.7 Å². The van der Waals surface area contributed by atoms with E-state index in [-0.39, 0.29) is 6.54 Å². The molecule has 1 aliphatic rings. The van der Waals surface area contributed by atoms with Crippen molar-refractivity contribution < 1.29 is 29.4 Å². The molecule has 1 rings (SSSR count). The summed E-state index contributed by atoms with van der Waals surface area (Å²) in [6.45, 7) is 1.60. The van der Waals surface area contributed by atoms with Gasteiger partial charge in [0.15, 0.2) is 5.60 Å². The van der Waals surface area contributed by atoms with E-state index in [2.05, 4.69) is 10.6 Å². The van der Waals surface area contributed by atoms with Crippen LogP contribution in [0.1, 0.15) is 13.8 Å². The van der Waals surface area contributed by atoms with E-state index in [1.54, 1.807) is 0 Å². The molecule has 0 saturated carbocycles. The van der Waals surface area contributed by atoms with Gasteiger partial charge >= 0.3 is 12.0 Å². The Bertz CT molecular complexity index is 433. The van der Waals surface area contributed by atoms with Gasteiger partial charge in [-0.25, -0.2) is 9.59 Å². The van der Waals surface area contributed by atoms with Crippen LogP contribution < -0.4 is 10.6 Å². The number of aliphatic hydroxyl groups is 1. The Morgan fingerprint density at radius 2 is 2.11 bits per heavy atom. The molecule has 4 N–H and O–H groups in total. The highest BCUT2D eigenvalue weighted by atomic mass is 16.4. The fourth-order valence-corrected chi connectivity index (χ4v) is 1.39. The average Bonchev–Trinajstić information content (AvgIpc) is 2.30. The van der Waals surface area contributed by atoms with Gasteiger partial charge in [-0.3, -0.25) is 14.9 Å². The largest absolute Gasteiger partial charge is 0.479 e. The number of nitrogens with one attached hydrogen (secondary N) is 2. The molecule has 9 nitrogen and oxygen atoms in total. The second-order valence-corrected chi connectivity index (χ2v) is 4.45. The van der Waals surface area contributed by atoms with Gasteiger partial charge in [-0.2, -0.15) is 0 Å². The molecule has 106 valence electrons. The Balaban J connectivity index is 2.65. The zero-order valence-corrected chi connectivity index (χ0v) is 10.5. The third kappa shape index (κ3) is 3.41.